The number of nitrogens with one attached hydrogen (secondary N) is 2. The number of anilines is 2. The lowest BCUT2D eigenvalue weighted by atomic mass is 10.1. The molecule has 0 aliphatic carbocycles. The predicted octanol–water partition coefficient (Wildman–Crippen LogP) is 4.73. The van der Waals surface area contributed by atoms with Gasteiger partial charge in [0.25, 0.3) is 0 Å². The van der Waals surface area contributed by atoms with Gasteiger partial charge in [-0.3, -0.25) is 0 Å². The van der Waals surface area contributed by atoms with Crippen molar-refractivity contribution in [1.29, 1.82) is 0 Å². The lowest BCUT2D eigenvalue weighted by Gasteiger charge is -2.12. The number of carbonyl (C=O) groups is 2. The van der Waals surface area contributed by atoms with E-state index in [1.54, 1.807) is 36.4 Å². The van der Waals surface area contributed by atoms with E-state index >= 15 is 0 Å². The highest BCUT2D eigenvalue weighted by atomic mass is 35.5. The van der Waals surface area contributed by atoms with Crippen LogP contribution < -0.4 is 10.6 Å². The Bertz CT molecular complexity index is 763. The Labute approximate surface area is 143 Å². The van der Waals surface area contributed by atoms with E-state index in [9.17, 15) is 9.59 Å². The maximum Gasteiger partial charge on any atom is 0.337 e. The van der Waals surface area contributed by atoms with E-state index in [0.717, 1.165) is 5.56 Å². The summed E-state index contributed by atoms with van der Waals surface area (Å²) in [5.41, 5.74) is 2.01. The first-order chi connectivity index (χ1) is 10.9. The number of methoxy groups -OCH3 is 1. The van der Waals surface area contributed by atoms with Gasteiger partial charge in [0, 0.05) is 5.69 Å². The molecule has 120 valence electrons. The number of urea groups is 1. The number of esters is 1. The minimum atomic E-state index is -0.501. The van der Waals surface area contributed by atoms with Crippen LogP contribution in [0.2, 0.25) is 10.0 Å². The van der Waals surface area contributed by atoms with Crippen LogP contribution in [0.1, 0.15) is 15.9 Å². The zero-order valence-electron chi connectivity index (χ0n) is 12.4. The van der Waals surface area contributed by atoms with E-state index < -0.39 is 12.0 Å². The normalized spacial score (nSPS) is 10.1. The summed E-state index contributed by atoms with van der Waals surface area (Å²) < 4.78 is 4.66. The Balaban J connectivity index is 2.17. The lowest BCUT2D eigenvalue weighted by Crippen LogP contribution is -2.20. The number of hydrogen-bond acceptors (Lipinski definition) is 3. The van der Waals surface area contributed by atoms with E-state index in [1.165, 1.54) is 7.11 Å². The Hall–Kier alpha value is -2.24. The largest absolute Gasteiger partial charge is 0.465 e. The summed E-state index contributed by atoms with van der Waals surface area (Å²) in [5, 5.41) is 5.87. The molecule has 7 heteroatoms. The highest BCUT2D eigenvalue weighted by Gasteiger charge is 2.12. The molecule has 0 fully saturated rings. The third kappa shape index (κ3) is 4.15. The fourth-order valence-corrected chi connectivity index (χ4v) is 2.23. The highest BCUT2D eigenvalue weighted by molar-refractivity contribution is 6.44. The number of hydrogen-bond donors (Lipinski definition) is 2. The molecule has 0 aliphatic heterocycles. The van der Waals surface area contributed by atoms with Gasteiger partial charge < -0.3 is 15.4 Å². The van der Waals surface area contributed by atoms with Gasteiger partial charge in [-0.2, -0.15) is 0 Å². The van der Waals surface area contributed by atoms with E-state index in [0.29, 0.717) is 22.0 Å². The van der Waals surface area contributed by atoms with E-state index in [-0.39, 0.29) is 5.02 Å². The molecule has 0 radical (unpaired) electrons. The number of ether oxygens (including phenoxy) is 1. The van der Waals surface area contributed by atoms with Crippen molar-refractivity contribution >= 4 is 46.6 Å². The molecule has 0 atom stereocenters. The molecule has 0 aliphatic rings. The van der Waals surface area contributed by atoms with E-state index in [2.05, 4.69) is 15.4 Å². The first-order valence-electron chi connectivity index (χ1n) is 6.63. The van der Waals surface area contributed by atoms with Crippen LogP contribution in [-0.4, -0.2) is 19.1 Å². The molecule has 2 amide bonds. The third-order valence-corrected chi connectivity index (χ3v) is 3.93. The monoisotopic (exact) mass is 352 g/mol. The van der Waals surface area contributed by atoms with Crippen LogP contribution >= 0.6 is 23.2 Å². The number of aryl methyl sites for hydroxylation is 1. The molecule has 5 nitrogen and oxygen atoms in total. The van der Waals surface area contributed by atoms with Crippen molar-refractivity contribution < 1.29 is 14.3 Å². The molecular formula is C16H14Cl2N2O3. The standard InChI is InChI=1S/C16H14Cl2N2O3/c1-9-6-7-10(15(21)23-2)8-13(9)20-16(22)19-12-5-3-4-11(17)14(12)18/h3-8H,1-2H3,(H2,19,20,22). The summed E-state index contributed by atoms with van der Waals surface area (Å²) in [6.07, 6.45) is 0. The molecule has 0 spiro atoms. The van der Waals surface area contributed by atoms with E-state index in [1.807, 2.05) is 6.92 Å². The molecule has 2 N–H and O–H groups in total. The Morgan fingerprint density at radius 2 is 1.74 bits per heavy atom. The molecular weight excluding hydrogens is 339 g/mol. The summed E-state index contributed by atoms with van der Waals surface area (Å²) in [6, 6.07) is 9.31. The van der Waals surface area contributed by atoms with Gasteiger partial charge in [-0.25, -0.2) is 9.59 Å². The second kappa shape index (κ2) is 7.35. The van der Waals surface area contributed by atoms with Gasteiger partial charge >= 0.3 is 12.0 Å². The fourth-order valence-electron chi connectivity index (χ4n) is 1.88. The minimum absolute atomic E-state index is 0.254. The second-order valence-electron chi connectivity index (χ2n) is 4.70. The summed E-state index contributed by atoms with van der Waals surface area (Å²) in [7, 11) is 1.29. The smallest absolute Gasteiger partial charge is 0.337 e. The Morgan fingerprint density at radius 1 is 1.04 bits per heavy atom. The van der Waals surface area contributed by atoms with Crippen LogP contribution in [0, 0.1) is 6.92 Å². The van der Waals surface area contributed by atoms with Gasteiger partial charge in [-0.15, -0.1) is 0 Å². The number of carbonyl (C=O) groups excluding carboxylic acids is 2. The predicted molar refractivity (Wildman–Crippen MR) is 91.6 cm³/mol. The van der Waals surface area contributed by atoms with Gasteiger partial charge in [0.15, 0.2) is 0 Å². The van der Waals surface area contributed by atoms with Crippen molar-refractivity contribution in [3.05, 3.63) is 57.6 Å². The SMILES string of the molecule is COC(=O)c1ccc(C)c(NC(=O)Nc2cccc(Cl)c2Cl)c1. The topological polar surface area (TPSA) is 67.4 Å². The molecule has 0 unspecified atom stereocenters. The molecule has 0 bridgehead atoms. The first-order valence-corrected chi connectivity index (χ1v) is 7.39. The number of rotatable bonds is 3. The third-order valence-electron chi connectivity index (χ3n) is 3.11. The van der Waals surface area contributed by atoms with Crippen molar-refractivity contribution in [3.8, 4) is 0 Å². The van der Waals surface area contributed by atoms with Crippen molar-refractivity contribution in [2.75, 3.05) is 17.7 Å². The minimum Gasteiger partial charge on any atom is -0.465 e. The number of amides is 2. The molecule has 0 saturated heterocycles. The van der Waals surface area contributed by atoms with Crippen LogP contribution in [0.25, 0.3) is 0 Å². The molecule has 0 saturated carbocycles. The first kappa shape index (κ1) is 17.1. The van der Waals surface area contributed by atoms with Crippen LogP contribution in [0.4, 0.5) is 16.2 Å². The van der Waals surface area contributed by atoms with Crippen LogP contribution in [0.5, 0.6) is 0 Å². The van der Waals surface area contributed by atoms with Crippen molar-refractivity contribution in [1.82, 2.24) is 0 Å². The molecule has 23 heavy (non-hydrogen) atoms. The quantitative estimate of drug-likeness (QED) is 0.784. The van der Waals surface area contributed by atoms with Crippen LogP contribution in [0.3, 0.4) is 0 Å². The Kier molecular flexibility index (Phi) is 5.47. The Morgan fingerprint density at radius 3 is 2.43 bits per heavy atom. The zero-order valence-corrected chi connectivity index (χ0v) is 14.0. The summed E-state index contributed by atoms with van der Waals surface area (Å²) in [6.45, 7) is 1.81. The second-order valence-corrected chi connectivity index (χ2v) is 5.49. The highest BCUT2D eigenvalue weighted by Crippen LogP contribution is 2.29. The van der Waals surface area contributed by atoms with Crippen molar-refractivity contribution in [3.63, 3.8) is 0 Å². The van der Waals surface area contributed by atoms with E-state index in [4.69, 9.17) is 23.2 Å². The summed E-state index contributed by atoms with van der Waals surface area (Å²) in [5.74, 6) is -0.480. The van der Waals surface area contributed by atoms with Gasteiger partial charge in [-0.05, 0) is 36.8 Å². The van der Waals surface area contributed by atoms with Gasteiger partial charge in [0.2, 0.25) is 0 Å². The number of benzene rings is 2. The average molecular weight is 353 g/mol. The van der Waals surface area contributed by atoms with Crippen molar-refractivity contribution in [2.24, 2.45) is 0 Å². The lowest BCUT2D eigenvalue weighted by molar-refractivity contribution is 0.0600. The van der Waals surface area contributed by atoms with Crippen molar-refractivity contribution in [2.45, 2.75) is 6.92 Å². The number of halogens is 2. The fraction of sp³-hybridized carbons (Fsp3) is 0.125. The zero-order chi connectivity index (χ0) is 17.0. The summed E-state index contributed by atoms with van der Waals surface area (Å²) >= 11 is 11.9. The maximum atomic E-state index is 12.1. The molecule has 0 heterocycles. The molecule has 2 aromatic rings. The molecule has 0 aromatic heterocycles. The summed E-state index contributed by atoms with van der Waals surface area (Å²) in [4.78, 5) is 23.7. The molecule has 2 aromatic carbocycles. The van der Waals surface area contributed by atoms with Gasteiger partial charge in [0.1, 0.15) is 0 Å². The van der Waals surface area contributed by atoms with Crippen LogP contribution in [0.15, 0.2) is 36.4 Å². The molecule has 2 rings (SSSR count). The van der Waals surface area contributed by atoms with Crippen LogP contribution in [-0.2, 0) is 4.74 Å². The van der Waals surface area contributed by atoms with Gasteiger partial charge in [0.05, 0.1) is 28.4 Å². The van der Waals surface area contributed by atoms with Gasteiger partial charge in [-0.1, -0.05) is 35.3 Å². The average Bonchev–Trinajstić information content (AvgIpc) is 2.53. The maximum absolute atomic E-state index is 12.1.